The van der Waals surface area contributed by atoms with Gasteiger partial charge in [0.25, 0.3) is 0 Å². The fourth-order valence-electron chi connectivity index (χ4n) is 2.33. The third kappa shape index (κ3) is 3.67. The summed E-state index contributed by atoms with van der Waals surface area (Å²) in [5.74, 6) is 0.781. The number of amidine groups is 1. The molecule has 0 aliphatic heterocycles. The second-order valence-corrected chi connectivity index (χ2v) is 6.01. The molecule has 0 spiro atoms. The number of nitrogens with one attached hydrogen (secondary N) is 1. The molecule has 121 valence electrons. The van der Waals surface area contributed by atoms with Gasteiger partial charge in [0, 0.05) is 0 Å². The Balaban J connectivity index is 1.85. The van der Waals surface area contributed by atoms with Crippen molar-refractivity contribution in [2.75, 3.05) is 12.4 Å². The number of benzene rings is 2. The van der Waals surface area contributed by atoms with Crippen molar-refractivity contribution in [3.8, 4) is 5.75 Å². The molecular weight excluding hydrogens is 371 g/mol. The van der Waals surface area contributed by atoms with Crippen LogP contribution in [0.25, 0.3) is 11.0 Å². The molecule has 1 heterocycles. The van der Waals surface area contributed by atoms with Gasteiger partial charge < -0.3 is 0 Å². The molecular formula is C18H15N2O3Se. The van der Waals surface area contributed by atoms with Crippen molar-refractivity contribution in [2.24, 2.45) is 4.99 Å². The van der Waals surface area contributed by atoms with Crippen LogP contribution in [0.15, 0.2) is 62.7 Å². The second-order valence-electron chi connectivity index (χ2n) is 5.20. The molecule has 0 aliphatic carbocycles. The third-order valence-corrected chi connectivity index (χ3v) is 3.91. The Labute approximate surface area is 147 Å². The molecule has 0 fully saturated rings. The quantitative estimate of drug-likeness (QED) is 0.325. The Bertz CT molecular complexity index is 962. The van der Waals surface area contributed by atoms with Gasteiger partial charge in [0.15, 0.2) is 0 Å². The van der Waals surface area contributed by atoms with Gasteiger partial charge in [-0.1, -0.05) is 0 Å². The molecule has 1 N–H and O–H groups in total. The Morgan fingerprint density at radius 3 is 2.62 bits per heavy atom. The van der Waals surface area contributed by atoms with E-state index in [1.807, 2.05) is 43.3 Å². The van der Waals surface area contributed by atoms with Gasteiger partial charge in [-0.15, -0.1) is 0 Å². The Hall–Kier alpha value is -2.56. The van der Waals surface area contributed by atoms with Crippen LogP contribution in [0.1, 0.15) is 5.56 Å². The van der Waals surface area contributed by atoms with Gasteiger partial charge in [-0.3, -0.25) is 0 Å². The topological polar surface area (TPSA) is 63.8 Å². The SMILES string of the molecule is COc1ccc(N=C([Se])Nc2ccc3c(C)cc(=O)oc3c2)cc1. The fraction of sp³-hybridized carbons (Fsp3) is 0.111. The van der Waals surface area contributed by atoms with Crippen LogP contribution in [0.2, 0.25) is 0 Å². The van der Waals surface area contributed by atoms with Gasteiger partial charge in [-0.05, 0) is 0 Å². The molecule has 0 unspecified atom stereocenters. The number of anilines is 1. The van der Waals surface area contributed by atoms with Gasteiger partial charge in [0.1, 0.15) is 0 Å². The molecule has 0 aliphatic rings. The number of hydrogen-bond acceptors (Lipinski definition) is 4. The molecule has 1 aromatic heterocycles. The van der Waals surface area contributed by atoms with Crippen molar-refractivity contribution in [2.45, 2.75) is 6.92 Å². The summed E-state index contributed by atoms with van der Waals surface area (Å²) in [6, 6.07) is 14.5. The molecule has 3 aromatic rings. The summed E-state index contributed by atoms with van der Waals surface area (Å²) in [7, 11) is 1.62. The minimum absolute atomic E-state index is 0.354. The zero-order valence-corrected chi connectivity index (χ0v) is 14.9. The van der Waals surface area contributed by atoms with E-state index < -0.39 is 0 Å². The molecule has 0 atom stereocenters. The van der Waals surface area contributed by atoms with Crippen LogP contribution < -0.4 is 15.7 Å². The monoisotopic (exact) mass is 387 g/mol. The molecule has 5 nitrogen and oxygen atoms in total. The number of rotatable bonds is 3. The number of nitrogens with zero attached hydrogens (tertiary/aromatic N) is 1. The number of fused-ring (bicyclic) bond motifs is 1. The predicted molar refractivity (Wildman–Crippen MR) is 96.7 cm³/mol. The standard InChI is InChI=1S/C18H15N2O3Se/c1-11-9-17(21)23-16-10-13(5-8-15(11)16)20-18(24)19-12-3-6-14(22-2)7-4-12/h3-10H,1-2H3,(H,19,20). The van der Waals surface area contributed by atoms with E-state index in [-0.39, 0.29) is 5.63 Å². The summed E-state index contributed by atoms with van der Waals surface area (Å²) in [4.78, 5) is 16.0. The third-order valence-electron chi connectivity index (χ3n) is 3.51. The summed E-state index contributed by atoms with van der Waals surface area (Å²) in [6.07, 6.45) is 0. The van der Waals surface area contributed by atoms with Crippen molar-refractivity contribution in [3.63, 3.8) is 0 Å². The van der Waals surface area contributed by atoms with Crippen molar-refractivity contribution in [3.05, 3.63) is 64.5 Å². The first kappa shape index (κ1) is 16.3. The number of hydrogen-bond donors (Lipinski definition) is 1. The molecule has 1 radical (unpaired) electrons. The normalized spacial score (nSPS) is 11.5. The van der Waals surface area contributed by atoms with Crippen molar-refractivity contribution >= 4 is 43.1 Å². The minimum atomic E-state index is -0.354. The molecule has 3 rings (SSSR count). The van der Waals surface area contributed by atoms with Crippen LogP contribution in [0, 0.1) is 6.92 Å². The van der Waals surface area contributed by atoms with Crippen LogP contribution >= 0.6 is 0 Å². The first-order valence-corrected chi connectivity index (χ1v) is 8.12. The first-order chi connectivity index (χ1) is 11.5. The maximum atomic E-state index is 11.5. The van der Waals surface area contributed by atoms with Crippen molar-refractivity contribution in [1.82, 2.24) is 0 Å². The van der Waals surface area contributed by atoms with Crippen LogP contribution in [-0.4, -0.2) is 27.9 Å². The zero-order valence-electron chi connectivity index (χ0n) is 13.2. The molecule has 6 heteroatoms. The van der Waals surface area contributed by atoms with E-state index in [1.165, 1.54) is 6.07 Å². The fourth-order valence-corrected chi connectivity index (χ4v) is 2.80. The first-order valence-electron chi connectivity index (χ1n) is 7.26. The molecule has 0 saturated heterocycles. The molecule has 2 aromatic carbocycles. The molecule has 0 amide bonds. The summed E-state index contributed by atoms with van der Waals surface area (Å²) in [5, 5.41) is 4.06. The summed E-state index contributed by atoms with van der Waals surface area (Å²) >= 11 is 2.89. The van der Waals surface area contributed by atoms with Crippen molar-refractivity contribution in [1.29, 1.82) is 0 Å². The van der Waals surface area contributed by atoms with Gasteiger partial charge in [-0.25, -0.2) is 0 Å². The molecule has 24 heavy (non-hydrogen) atoms. The average Bonchev–Trinajstić information content (AvgIpc) is 2.55. The van der Waals surface area contributed by atoms with Gasteiger partial charge in [-0.2, -0.15) is 0 Å². The molecule has 0 bridgehead atoms. The number of methoxy groups -OCH3 is 1. The van der Waals surface area contributed by atoms with Crippen LogP contribution in [0.5, 0.6) is 5.75 Å². The van der Waals surface area contributed by atoms with Crippen LogP contribution in [0.3, 0.4) is 0 Å². The predicted octanol–water partition coefficient (Wildman–Crippen LogP) is 3.38. The number of aryl methyl sites for hydroxylation is 1. The summed E-state index contributed by atoms with van der Waals surface area (Å²) in [6.45, 7) is 1.89. The van der Waals surface area contributed by atoms with Gasteiger partial charge >= 0.3 is 147 Å². The number of ether oxygens (including phenoxy) is 1. The van der Waals surface area contributed by atoms with Crippen LogP contribution in [0.4, 0.5) is 11.4 Å². The van der Waals surface area contributed by atoms with E-state index in [4.69, 9.17) is 9.15 Å². The Morgan fingerprint density at radius 2 is 1.92 bits per heavy atom. The Morgan fingerprint density at radius 1 is 1.17 bits per heavy atom. The number of aliphatic imine (C=N–C) groups is 1. The van der Waals surface area contributed by atoms with E-state index in [0.29, 0.717) is 10.3 Å². The average molecular weight is 386 g/mol. The second kappa shape index (κ2) is 6.91. The molecule has 0 saturated carbocycles. The van der Waals surface area contributed by atoms with E-state index in [9.17, 15) is 4.79 Å². The van der Waals surface area contributed by atoms with Gasteiger partial charge in [0.2, 0.25) is 0 Å². The van der Waals surface area contributed by atoms with Crippen molar-refractivity contribution < 1.29 is 9.15 Å². The van der Waals surface area contributed by atoms with E-state index in [1.54, 1.807) is 13.2 Å². The maximum absolute atomic E-state index is 11.5. The van der Waals surface area contributed by atoms with E-state index >= 15 is 0 Å². The van der Waals surface area contributed by atoms with Crippen LogP contribution in [-0.2, 0) is 0 Å². The summed E-state index contributed by atoms with van der Waals surface area (Å²) < 4.78 is 11.0. The van der Waals surface area contributed by atoms with E-state index in [2.05, 4.69) is 26.3 Å². The van der Waals surface area contributed by atoms with E-state index in [0.717, 1.165) is 28.1 Å². The summed E-state index contributed by atoms with van der Waals surface area (Å²) in [5.41, 5.74) is 2.65. The van der Waals surface area contributed by atoms with Gasteiger partial charge in [0.05, 0.1) is 0 Å². The Kier molecular flexibility index (Phi) is 4.69. The zero-order chi connectivity index (χ0) is 17.1.